The molecular formula is C10H19NO2. The number of carbonyl (C=O) groups is 1. The molecule has 1 saturated heterocycles. The SMILES string of the molecule is CCC(C)C(=O)N1CC(O)(CC)C1. The first-order valence-corrected chi connectivity index (χ1v) is 5.03. The molecule has 1 atom stereocenters. The third-order valence-electron chi connectivity index (χ3n) is 2.97. The largest absolute Gasteiger partial charge is 0.386 e. The Morgan fingerprint density at radius 1 is 1.54 bits per heavy atom. The second-order valence-corrected chi connectivity index (χ2v) is 4.08. The fraction of sp³-hybridized carbons (Fsp3) is 0.900. The van der Waals surface area contributed by atoms with Gasteiger partial charge in [0.25, 0.3) is 0 Å². The van der Waals surface area contributed by atoms with Crippen molar-refractivity contribution in [2.24, 2.45) is 5.92 Å². The van der Waals surface area contributed by atoms with Crippen LogP contribution in [-0.4, -0.2) is 34.6 Å². The fourth-order valence-electron chi connectivity index (χ4n) is 1.53. The topological polar surface area (TPSA) is 40.5 Å². The third kappa shape index (κ3) is 2.02. The minimum absolute atomic E-state index is 0.0985. The molecule has 0 aromatic heterocycles. The average molecular weight is 185 g/mol. The van der Waals surface area contributed by atoms with Crippen molar-refractivity contribution in [3.63, 3.8) is 0 Å². The van der Waals surface area contributed by atoms with Crippen molar-refractivity contribution >= 4 is 5.91 Å². The predicted molar refractivity (Wildman–Crippen MR) is 51.3 cm³/mol. The van der Waals surface area contributed by atoms with E-state index in [-0.39, 0.29) is 11.8 Å². The standard InChI is InChI=1S/C10H19NO2/c1-4-8(3)9(12)11-6-10(13,5-2)7-11/h8,13H,4-7H2,1-3H3. The van der Waals surface area contributed by atoms with Crippen molar-refractivity contribution < 1.29 is 9.90 Å². The molecule has 1 fully saturated rings. The van der Waals surface area contributed by atoms with Gasteiger partial charge in [0.2, 0.25) is 5.91 Å². The van der Waals surface area contributed by atoms with Gasteiger partial charge in [0, 0.05) is 5.92 Å². The molecule has 1 unspecified atom stereocenters. The molecule has 1 heterocycles. The fourth-order valence-corrected chi connectivity index (χ4v) is 1.53. The van der Waals surface area contributed by atoms with E-state index in [1.807, 2.05) is 20.8 Å². The summed E-state index contributed by atoms with van der Waals surface area (Å²) >= 11 is 0. The molecule has 3 nitrogen and oxygen atoms in total. The molecule has 0 aliphatic carbocycles. The summed E-state index contributed by atoms with van der Waals surface area (Å²) in [5.41, 5.74) is -0.594. The van der Waals surface area contributed by atoms with E-state index in [2.05, 4.69) is 0 Å². The minimum atomic E-state index is -0.594. The quantitative estimate of drug-likeness (QED) is 0.713. The van der Waals surface area contributed by atoms with Gasteiger partial charge in [0.1, 0.15) is 0 Å². The van der Waals surface area contributed by atoms with Crippen LogP contribution in [0.4, 0.5) is 0 Å². The Hall–Kier alpha value is -0.570. The van der Waals surface area contributed by atoms with Crippen LogP contribution < -0.4 is 0 Å². The highest BCUT2D eigenvalue weighted by atomic mass is 16.3. The van der Waals surface area contributed by atoms with Crippen molar-refractivity contribution in [3.05, 3.63) is 0 Å². The molecule has 1 aliphatic rings. The highest BCUT2D eigenvalue weighted by Gasteiger charge is 2.42. The van der Waals surface area contributed by atoms with E-state index in [1.54, 1.807) is 4.90 Å². The maximum Gasteiger partial charge on any atom is 0.225 e. The summed E-state index contributed by atoms with van der Waals surface area (Å²) < 4.78 is 0. The van der Waals surface area contributed by atoms with E-state index in [0.29, 0.717) is 13.1 Å². The van der Waals surface area contributed by atoms with E-state index < -0.39 is 5.60 Å². The Kier molecular flexibility index (Phi) is 2.96. The summed E-state index contributed by atoms with van der Waals surface area (Å²) in [6, 6.07) is 0. The third-order valence-corrected chi connectivity index (χ3v) is 2.97. The Balaban J connectivity index is 2.39. The second-order valence-electron chi connectivity index (χ2n) is 4.08. The molecule has 1 N–H and O–H groups in total. The summed E-state index contributed by atoms with van der Waals surface area (Å²) in [6.07, 6.45) is 1.61. The van der Waals surface area contributed by atoms with Crippen molar-refractivity contribution in [3.8, 4) is 0 Å². The lowest BCUT2D eigenvalue weighted by molar-refractivity contribution is -0.159. The Bertz CT molecular complexity index is 197. The molecule has 3 heteroatoms. The zero-order valence-electron chi connectivity index (χ0n) is 8.71. The molecule has 1 amide bonds. The van der Waals surface area contributed by atoms with Crippen LogP contribution in [0.25, 0.3) is 0 Å². The highest BCUT2D eigenvalue weighted by molar-refractivity contribution is 5.79. The van der Waals surface area contributed by atoms with E-state index >= 15 is 0 Å². The minimum Gasteiger partial charge on any atom is -0.386 e. The molecule has 13 heavy (non-hydrogen) atoms. The number of nitrogens with zero attached hydrogens (tertiary/aromatic N) is 1. The zero-order valence-corrected chi connectivity index (χ0v) is 8.71. The first-order chi connectivity index (χ1) is 6.02. The number of β-amino-alcohol motifs (C(OH)–C–C–N with tert-alkyl or cyclic N) is 1. The lowest BCUT2D eigenvalue weighted by Gasteiger charge is -2.47. The second kappa shape index (κ2) is 3.66. The van der Waals surface area contributed by atoms with Crippen molar-refractivity contribution in [1.29, 1.82) is 0 Å². The molecule has 1 aliphatic heterocycles. The summed E-state index contributed by atoms with van der Waals surface area (Å²) in [6.45, 7) is 6.93. The van der Waals surface area contributed by atoms with Crippen LogP contribution in [-0.2, 0) is 4.79 Å². The van der Waals surface area contributed by atoms with E-state index in [1.165, 1.54) is 0 Å². The van der Waals surface area contributed by atoms with Gasteiger partial charge in [-0.05, 0) is 12.8 Å². The van der Waals surface area contributed by atoms with Crippen LogP contribution in [0.15, 0.2) is 0 Å². The number of aliphatic hydroxyl groups is 1. The molecule has 0 aromatic carbocycles. The molecule has 0 radical (unpaired) electrons. The summed E-state index contributed by atoms with van der Waals surface area (Å²) in [5.74, 6) is 0.280. The van der Waals surface area contributed by atoms with Crippen LogP contribution in [0, 0.1) is 5.92 Å². The normalized spacial score (nSPS) is 22.3. The molecule has 1 rings (SSSR count). The molecule has 0 saturated carbocycles. The summed E-state index contributed by atoms with van der Waals surface area (Å²) in [5, 5.41) is 9.70. The van der Waals surface area contributed by atoms with Gasteiger partial charge >= 0.3 is 0 Å². The number of hydrogen-bond donors (Lipinski definition) is 1. The number of amides is 1. The molecule has 0 spiro atoms. The lowest BCUT2D eigenvalue weighted by Crippen LogP contribution is -2.63. The Morgan fingerprint density at radius 2 is 2.08 bits per heavy atom. The highest BCUT2D eigenvalue weighted by Crippen LogP contribution is 2.25. The average Bonchev–Trinajstić information content (AvgIpc) is 2.10. The molecule has 76 valence electrons. The van der Waals surface area contributed by atoms with Gasteiger partial charge in [0.15, 0.2) is 0 Å². The van der Waals surface area contributed by atoms with Crippen LogP contribution in [0.1, 0.15) is 33.6 Å². The smallest absolute Gasteiger partial charge is 0.225 e. The monoisotopic (exact) mass is 185 g/mol. The lowest BCUT2D eigenvalue weighted by atomic mass is 9.90. The maximum atomic E-state index is 11.6. The number of rotatable bonds is 3. The maximum absolute atomic E-state index is 11.6. The zero-order chi connectivity index (χ0) is 10.1. The predicted octanol–water partition coefficient (Wildman–Crippen LogP) is 1.02. The van der Waals surface area contributed by atoms with Crippen LogP contribution in [0.3, 0.4) is 0 Å². The van der Waals surface area contributed by atoms with Gasteiger partial charge in [-0.2, -0.15) is 0 Å². The van der Waals surface area contributed by atoms with Crippen LogP contribution in [0.5, 0.6) is 0 Å². The van der Waals surface area contributed by atoms with Crippen molar-refractivity contribution in [2.45, 2.75) is 39.2 Å². The summed E-state index contributed by atoms with van der Waals surface area (Å²) in [4.78, 5) is 13.3. The van der Waals surface area contributed by atoms with E-state index in [4.69, 9.17) is 0 Å². The Morgan fingerprint density at radius 3 is 2.46 bits per heavy atom. The molecule has 0 aromatic rings. The van der Waals surface area contributed by atoms with Gasteiger partial charge < -0.3 is 10.0 Å². The first kappa shape index (κ1) is 10.5. The van der Waals surface area contributed by atoms with E-state index in [9.17, 15) is 9.90 Å². The van der Waals surface area contributed by atoms with Gasteiger partial charge in [-0.25, -0.2) is 0 Å². The number of hydrogen-bond acceptors (Lipinski definition) is 2. The molecular weight excluding hydrogens is 166 g/mol. The summed E-state index contributed by atoms with van der Waals surface area (Å²) in [7, 11) is 0. The van der Waals surface area contributed by atoms with Crippen molar-refractivity contribution in [2.75, 3.05) is 13.1 Å². The van der Waals surface area contributed by atoms with E-state index in [0.717, 1.165) is 12.8 Å². The Labute approximate surface area is 79.7 Å². The number of carbonyl (C=O) groups excluding carboxylic acids is 1. The van der Waals surface area contributed by atoms with Crippen LogP contribution in [0.2, 0.25) is 0 Å². The molecule has 0 bridgehead atoms. The van der Waals surface area contributed by atoms with Gasteiger partial charge in [-0.1, -0.05) is 20.8 Å². The number of likely N-dealkylation sites (tertiary alicyclic amines) is 1. The van der Waals surface area contributed by atoms with Crippen LogP contribution >= 0.6 is 0 Å². The van der Waals surface area contributed by atoms with Gasteiger partial charge in [0.05, 0.1) is 18.7 Å². The van der Waals surface area contributed by atoms with Gasteiger partial charge in [-0.15, -0.1) is 0 Å². The van der Waals surface area contributed by atoms with Crippen molar-refractivity contribution in [1.82, 2.24) is 4.90 Å². The van der Waals surface area contributed by atoms with Gasteiger partial charge in [-0.3, -0.25) is 4.79 Å². The first-order valence-electron chi connectivity index (χ1n) is 5.03.